The number of anilines is 1. The molecule has 2 N–H and O–H groups in total. The summed E-state index contributed by atoms with van der Waals surface area (Å²) in [7, 11) is 0. The molecule has 0 saturated carbocycles. The van der Waals surface area contributed by atoms with Gasteiger partial charge in [0.25, 0.3) is 0 Å². The zero-order chi connectivity index (χ0) is 24.0. The Morgan fingerprint density at radius 2 is 1.74 bits per heavy atom. The van der Waals surface area contributed by atoms with E-state index in [9.17, 15) is 4.39 Å². The van der Waals surface area contributed by atoms with Crippen LogP contribution in [0.25, 0.3) is 0 Å². The standard InChI is InChI=1S/C26H41FN6OS/c27-23-1-3-24(4-2-23)32-11-9-31(10-12-32)19-22-20-33-7-5-21(22)17-25(33)18-29-26(35)28-6-8-30-13-15-34-16-14-30/h1-4,21-22,25H,5-20H2,(H2,28,29,35). The Kier molecular flexibility index (Phi) is 8.72. The van der Waals surface area contributed by atoms with Gasteiger partial charge in [0.1, 0.15) is 5.82 Å². The van der Waals surface area contributed by atoms with E-state index in [0.717, 1.165) is 94.8 Å². The van der Waals surface area contributed by atoms with E-state index in [1.54, 1.807) is 12.1 Å². The van der Waals surface area contributed by atoms with Gasteiger partial charge in [-0.1, -0.05) is 0 Å². The molecule has 5 fully saturated rings. The molecule has 0 amide bonds. The Labute approximate surface area is 214 Å². The van der Waals surface area contributed by atoms with E-state index in [1.807, 2.05) is 12.1 Å². The first-order valence-corrected chi connectivity index (χ1v) is 13.8. The van der Waals surface area contributed by atoms with Gasteiger partial charge in [-0.2, -0.15) is 0 Å². The van der Waals surface area contributed by atoms with Gasteiger partial charge in [-0.05, 0) is 67.7 Å². The quantitative estimate of drug-likeness (QED) is 0.516. The molecule has 0 spiro atoms. The smallest absolute Gasteiger partial charge is 0.166 e. The number of piperidine rings is 3. The van der Waals surface area contributed by atoms with Gasteiger partial charge in [-0.15, -0.1) is 0 Å². The maximum atomic E-state index is 13.2. The maximum absolute atomic E-state index is 13.2. The van der Waals surface area contributed by atoms with Crippen molar-refractivity contribution in [3.63, 3.8) is 0 Å². The third-order valence-electron chi connectivity index (χ3n) is 8.39. The van der Waals surface area contributed by atoms with Gasteiger partial charge in [-0.25, -0.2) is 4.39 Å². The van der Waals surface area contributed by atoms with Gasteiger partial charge in [0.15, 0.2) is 5.11 Å². The molecule has 4 atom stereocenters. The summed E-state index contributed by atoms with van der Waals surface area (Å²) in [5.74, 6) is 1.44. The molecule has 7 nitrogen and oxygen atoms in total. The van der Waals surface area contributed by atoms with E-state index in [4.69, 9.17) is 17.0 Å². The van der Waals surface area contributed by atoms with Crippen LogP contribution < -0.4 is 15.5 Å². The Morgan fingerprint density at radius 1 is 0.971 bits per heavy atom. The van der Waals surface area contributed by atoms with E-state index in [2.05, 4.69) is 30.2 Å². The summed E-state index contributed by atoms with van der Waals surface area (Å²) in [5, 5.41) is 7.66. The minimum absolute atomic E-state index is 0.162. The second kappa shape index (κ2) is 12.1. The molecular formula is C26H41FN6OS. The second-order valence-electron chi connectivity index (χ2n) is 10.5. The van der Waals surface area contributed by atoms with Crippen molar-refractivity contribution < 1.29 is 9.13 Å². The number of thiocarbonyl (C=S) groups is 1. The Bertz CT molecular complexity index is 815. The van der Waals surface area contributed by atoms with Crippen molar-refractivity contribution in [3.05, 3.63) is 30.1 Å². The summed E-state index contributed by atoms with van der Waals surface area (Å²) < 4.78 is 18.6. The summed E-state index contributed by atoms with van der Waals surface area (Å²) in [6.07, 6.45) is 2.61. The molecule has 6 rings (SSSR count). The number of nitrogens with zero attached hydrogens (tertiary/aromatic N) is 4. The van der Waals surface area contributed by atoms with Crippen LogP contribution in [-0.4, -0.2) is 118 Å². The van der Waals surface area contributed by atoms with Crippen LogP contribution in [0, 0.1) is 17.7 Å². The van der Waals surface area contributed by atoms with Crippen molar-refractivity contribution in [1.29, 1.82) is 0 Å². The zero-order valence-corrected chi connectivity index (χ0v) is 21.7. The van der Waals surface area contributed by atoms with Crippen LogP contribution in [0.2, 0.25) is 0 Å². The molecule has 4 unspecified atom stereocenters. The highest BCUT2D eigenvalue weighted by Gasteiger charge is 2.40. The van der Waals surface area contributed by atoms with Crippen LogP contribution >= 0.6 is 12.2 Å². The molecule has 0 aliphatic carbocycles. The highest BCUT2D eigenvalue weighted by Crippen LogP contribution is 2.36. The Hall–Kier alpha value is -1.52. The Balaban J connectivity index is 0.994. The van der Waals surface area contributed by atoms with Crippen molar-refractivity contribution >= 4 is 23.0 Å². The van der Waals surface area contributed by atoms with Crippen LogP contribution in [0.3, 0.4) is 0 Å². The number of ether oxygens (including phenoxy) is 1. The van der Waals surface area contributed by atoms with E-state index >= 15 is 0 Å². The number of nitrogens with one attached hydrogen (secondary N) is 2. The first kappa shape index (κ1) is 25.1. The molecule has 1 aromatic rings. The molecule has 5 saturated heterocycles. The number of halogens is 1. The monoisotopic (exact) mass is 504 g/mol. The highest BCUT2D eigenvalue weighted by atomic mass is 32.1. The van der Waals surface area contributed by atoms with Crippen molar-refractivity contribution in [2.75, 3.05) is 96.7 Å². The summed E-state index contributed by atoms with van der Waals surface area (Å²) in [4.78, 5) is 10.1. The number of hydrogen-bond acceptors (Lipinski definition) is 6. The summed E-state index contributed by atoms with van der Waals surface area (Å²) in [6.45, 7) is 14.5. The first-order chi connectivity index (χ1) is 17.1. The van der Waals surface area contributed by atoms with Gasteiger partial charge in [-0.3, -0.25) is 14.7 Å². The number of morpholine rings is 1. The molecule has 0 radical (unpaired) electrons. The molecule has 9 heteroatoms. The fourth-order valence-electron chi connectivity index (χ4n) is 6.27. The van der Waals surface area contributed by atoms with E-state index < -0.39 is 0 Å². The van der Waals surface area contributed by atoms with Crippen molar-refractivity contribution in [2.45, 2.75) is 18.9 Å². The predicted molar refractivity (Wildman–Crippen MR) is 142 cm³/mol. The lowest BCUT2D eigenvalue weighted by atomic mass is 9.75. The van der Waals surface area contributed by atoms with Crippen LogP contribution in [0.4, 0.5) is 10.1 Å². The molecule has 5 aliphatic rings. The fraction of sp³-hybridized carbons (Fsp3) is 0.731. The summed E-state index contributed by atoms with van der Waals surface area (Å²) >= 11 is 5.54. The van der Waals surface area contributed by atoms with Gasteiger partial charge in [0.05, 0.1) is 13.2 Å². The van der Waals surface area contributed by atoms with Gasteiger partial charge >= 0.3 is 0 Å². The summed E-state index contributed by atoms with van der Waals surface area (Å²) in [6, 6.07) is 7.53. The maximum Gasteiger partial charge on any atom is 0.166 e. The molecule has 1 aromatic carbocycles. The van der Waals surface area contributed by atoms with Crippen molar-refractivity contribution in [3.8, 4) is 0 Å². The van der Waals surface area contributed by atoms with Crippen LogP contribution in [0.15, 0.2) is 24.3 Å². The molecule has 0 aromatic heterocycles. The SMILES string of the molecule is Fc1ccc(N2CCN(CC3CN4CCC3CC4CNC(=S)NCCN3CCOCC3)CC2)cc1. The van der Waals surface area contributed by atoms with Crippen molar-refractivity contribution in [2.24, 2.45) is 11.8 Å². The van der Waals surface area contributed by atoms with E-state index in [1.165, 1.54) is 32.5 Å². The molecule has 194 valence electrons. The lowest BCUT2D eigenvalue weighted by Gasteiger charge is -2.51. The van der Waals surface area contributed by atoms with Gasteiger partial charge < -0.3 is 20.3 Å². The zero-order valence-electron chi connectivity index (χ0n) is 20.8. The summed E-state index contributed by atoms with van der Waals surface area (Å²) in [5.41, 5.74) is 1.14. The molecular weight excluding hydrogens is 463 g/mol. The molecule has 5 heterocycles. The van der Waals surface area contributed by atoms with Crippen molar-refractivity contribution in [1.82, 2.24) is 25.3 Å². The van der Waals surface area contributed by atoms with E-state index in [0.29, 0.717) is 6.04 Å². The number of piperazine rings is 1. The number of benzene rings is 1. The predicted octanol–water partition coefficient (Wildman–Crippen LogP) is 1.45. The first-order valence-electron chi connectivity index (χ1n) is 13.4. The Morgan fingerprint density at radius 3 is 2.46 bits per heavy atom. The molecule has 2 bridgehead atoms. The number of hydrogen-bond donors (Lipinski definition) is 2. The average Bonchev–Trinajstić information content (AvgIpc) is 2.90. The van der Waals surface area contributed by atoms with Gasteiger partial charge in [0, 0.05) is 83.7 Å². The lowest BCUT2D eigenvalue weighted by Crippen LogP contribution is -2.59. The molecule has 35 heavy (non-hydrogen) atoms. The normalized spacial score (nSPS) is 29.8. The average molecular weight is 505 g/mol. The minimum atomic E-state index is -0.162. The largest absolute Gasteiger partial charge is 0.379 e. The molecule has 5 aliphatic heterocycles. The highest BCUT2D eigenvalue weighted by molar-refractivity contribution is 7.80. The van der Waals surface area contributed by atoms with Crippen LogP contribution in [-0.2, 0) is 4.74 Å². The second-order valence-corrected chi connectivity index (χ2v) is 11.0. The fourth-order valence-corrected chi connectivity index (χ4v) is 6.45. The lowest BCUT2D eigenvalue weighted by molar-refractivity contribution is -0.0110. The third kappa shape index (κ3) is 6.83. The van der Waals surface area contributed by atoms with Gasteiger partial charge in [0.2, 0.25) is 0 Å². The third-order valence-corrected chi connectivity index (χ3v) is 8.67. The van der Waals surface area contributed by atoms with Crippen LogP contribution in [0.1, 0.15) is 12.8 Å². The number of rotatable bonds is 8. The topological polar surface area (TPSA) is 46.2 Å². The van der Waals surface area contributed by atoms with E-state index in [-0.39, 0.29) is 5.82 Å². The number of fused-ring (bicyclic) bond motifs is 3. The minimum Gasteiger partial charge on any atom is -0.379 e. The van der Waals surface area contributed by atoms with Crippen LogP contribution in [0.5, 0.6) is 0 Å².